The van der Waals surface area contributed by atoms with Gasteiger partial charge in [-0.25, -0.2) is 0 Å². The molecule has 1 aromatic heterocycles. The van der Waals surface area contributed by atoms with E-state index in [9.17, 15) is 5.11 Å². The first kappa shape index (κ1) is 17.0. The average molecular weight is 451 g/mol. The third-order valence-electron chi connectivity index (χ3n) is 3.84. The zero-order chi connectivity index (χ0) is 17.3. The number of phenolic OH excluding ortho intramolecular Hbond substituents is 1. The third-order valence-corrected chi connectivity index (χ3v) is 4.79. The fraction of sp³-hybridized carbons (Fsp3) is 0.105. The third kappa shape index (κ3) is 3.49. The Morgan fingerprint density at radius 1 is 1.08 bits per heavy atom. The number of nitrogens with zero attached hydrogens (tertiary/aromatic N) is 2. The fourth-order valence-electron chi connectivity index (χ4n) is 2.65. The highest BCUT2D eigenvalue weighted by Gasteiger charge is 2.09. The van der Waals surface area contributed by atoms with Crippen molar-refractivity contribution in [3.63, 3.8) is 0 Å². The Labute approximate surface area is 159 Å². The van der Waals surface area contributed by atoms with Crippen molar-refractivity contribution in [3.05, 3.63) is 74.1 Å². The highest BCUT2D eigenvalue weighted by molar-refractivity contribution is 14.1. The Kier molecular flexibility index (Phi) is 4.96. The summed E-state index contributed by atoms with van der Waals surface area (Å²) in [6.45, 7) is 4.14. The summed E-state index contributed by atoms with van der Waals surface area (Å²) in [6.07, 6.45) is 1.77. The second-order valence-electron chi connectivity index (χ2n) is 5.53. The van der Waals surface area contributed by atoms with Crippen molar-refractivity contribution in [3.8, 4) is 11.4 Å². The van der Waals surface area contributed by atoms with Crippen LogP contribution in [0.2, 0.25) is 5.02 Å². The van der Waals surface area contributed by atoms with Crippen LogP contribution in [0.1, 0.15) is 17.0 Å². The standard InChI is InChI=1S/C19H16ClIN2O/c1-12-9-14(11-22-18-8-3-15(20)10-19(18)24)13(2)23(12)17-6-4-16(21)5-7-17/h3-11,24H,1-2H3. The lowest BCUT2D eigenvalue weighted by atomic mass is 10.2. The van der Waals surface area contributed by atoms with Gasteiger partial charge in [0.1, 0.15) is 11.4 Å². The Bertz CT molecular complexity index is 914. The molecule has 0 spiro atoms. The van der Waals surface area contributed by atoms with Crippen LogP contribution in [0.5, 0.6) is 5.75 Å². The largest absolute Gasteiger partial charge is 0.506 e. The molecular weight excluding hydrogens is 435 g/mol. The van der Waals surface area contributed by atoms with E-state index in [0.717, 1.165) is 22.6 Å². The van der Waals surface area contributed by atoms with Crippen molar-refractivity contribution in [2.45, 2.75) is 13.8 Å². The Morgan fingerprint density at radius 2 is 1.79 bits per heavy atom. The van der Waals surface area contributed by atoms with Crippen molar-refractivity contribution >= 4 is 46.1 Å². The maximum atomic E-state index is 9.90. The predicted octanol–water partition coefficient (Wildman–Crippen LogP) is 5.81. The van der Waals surface area contributed by atoms with Crippen LogP contribution in [-0.2, 0) is 0 Å². The van der Waals surface area contributed by atoms with Gasteiger partial charge < -0.3 is 9.67 Å². The second kappa shape index (κ2) is 6.99. The molecule has 0 amide bonds. The Hall–Kier alpha value is -1.79. The van der Waals surface area contributed by atoms with Crippen molar-refractivity contribution in [2.24, 2.45) is 4.99 Å². The van der Waals surface area contributed by atoms with Crippen LogP contribution < -0.4 is 0 Å². The summed E-state index contributed by atoms with van der Waals surface area (Å²) >= 11 is 8.15. The molecule has 122 valence electrons. The lowest BCUT2D eigenvalue weighted by molar-refractivity contribution is 0.477. The molecule has 0 aliphatic rings. The van der Waals surface area contributed by atoms with E-state index in [2.05, 4.69) is 76.3 Å². The van der Waals surface area contributed by atoms with Gasteiger partial charge in [0.2, 0.25) is 0 Å². The van der Waals surface area contributed by atoms with Crippen LogP contribution in [-0.4, -0.2) is 15.9 Å². The summed E-state index contributed by atoms with van der Waals surface area (Å²) in [6, 6.07) is 15.4. The molecule has 0 radical (unpaired) electrons. The number of aromatic nitrogens is 1. The van der Waals surface area contributed by atoms with E-state index in [1.54, 1.807) is 18.3 Å². The van der Waals surface area contributed by atoms with Crippen LogP contribution in [0.4, 0.5) is 5.69 Å². The van der Waals surface area contributed by atoms with Gasteiger partial charge in [-0.2, -0.15) is 0 Å². The maximum absolute atomic E-state index is 9.90. The molecule has 0 saturated heterocycles. The molecule has 0 aliphatic carbocycles. The van der Waals surface area contributed by atoms with Crippen LogP contribution >= 0.6 is 34.2 Å². The Balaban J connectivity index is 1.97. The molecule has 0 aliphatic heterocycles. The molecule has 0 bridgehead atoms. The van der Waals surface area contributed by atoms with Gasteiger partial charge >= 0.3 is 0 Å². The Morgan fingerprint density at radius 3 is 2.46 bits per heavy atom. The molecule has 0 atom stereocenters. The van der Waals surface area contributed by atoms with Crippen molar-refractivity contribution in [1.29, 1.82) is 0 Å². The maximum Gasteiger partial charge on any atom is 0.142 e. The minimum absolute atomic E-state index is 0.0743. The molecular formula is C19H16ClIN2O. The van der Waals surface area contributed by atoms with Gasteiger partial charge in [-0.1, -0.05) is 11.6 Å². The van der Waals surface area contributed by atoms with E-state index >= 15 is 0 Å². The molecule has 5 heteroatoms. The zero-order valence-electron chi connectivity index (χ0n) is 13.3. The molecule has 0 saturated carbocycles. The van der Waals surface area contributed by atoms with E-state index in [0.29, 0.717) is 10.7 Å². The van der Waals surface area contributed by atoms with E-state index in [1.807, 2.05) is 0 Å². The molecule has 3 aromatic rings. The topological polar surface area (TPSA) is 37.5 Å². The van der Waals surface area contributed by atoms with Gasteiger partial charge in [0.05, 0.1) is 0 Å². The summed E-state index contributed by atoms with van der Waals surface area (Å²) in [4.78, 5) is 4.39. The summed E-state index contributed by atoms with van der Waals surface area (Å²) in [5.41, 5.74) is 4.87. The van der Waals surface area contributed by atoms with Crippen LogP contribution in [0, 0.1) is 17.4 Å². The van der Waals surface area contributed by atoms with Gasteiger partial charge in [0, 0.05) is 43.5 Å². The van der Waals surface area contributed by atoms with Gasteiger partial charge in [0.25, 0.3) is 0 Å². The van der Waals surface area contributed by atoms with E-state index in [4.69, 9.17) is 11.6 Å². The van der Waals surface area contributed by atoms with E-state index in [-0.39, 0.29) is 5.75 Å². The highest BCUT2D eigenvalue weighted by atomic mass is 127. The highest BCUT2D eigenvalue weighted by Crippen LogP contribution is 2.29. The van der Waals surface area contributed by atoms with Crippen LogP contribution in [0.15, 0.2) is 53.5 Å². The SMILES string of the molecule is Cc1cc(C=Nc2ccc(Cl)cc2O)c(C)n1-c1ccc(I)cc1. The fourth-order valence-corrected chi connectivity index (χ4v) is 3.18. The minimum Gasteiger partial charge on any atom is -0.506 e. The first-order valence-corrected chi connectivity index (χ1v) is 8.89. The molecule has 0 fully saturated rings. The van der Waals surface area contributed by atoms with Gasteiger partial charge in [-0.05, 0) is 78.9 Å². The average Bonchev–Trinajstić information content (AvgIpc) is 2.82. The summed E-state index contributed by atoms with van der Waals surface area (Å²) in [7, 11) is 0. The van der Waals surface area contributed by atoms with E-state index in [1.165, 1.54) is 9.64 Å². The molecule has 24 heavy (non-hydrogen) atoms. The number of hydrogen-bond acceptors (Lipinski definition) is 2. The van der Waals surface area contributed by atoms with Crippen molar-refractivity contribution in [1.82, 2.24) is 4.57 Å². The zero-order valence-corrected chi connectivity index (χ0v) is 16.2. The summed E-state index contributed by atoms with van der Waals surface area (Å²) in [5.74, 6) is 0.0743. The van der Waals surface area contributed by atoms with Gasteiger partial charge in [-0.15, -0.1) is 0 Å². The first-order valence-electron chi connectivity index (χ1n) is 7.43. The number of halogens is 2. The smallest absolute Gasteiger partial charge is 0.142 e. The lowest BCUT2D eigenvalue weighted by Gasteiger charge is -2.09. The number of benzene rings is 2. The monoisotopic (exact) mass is 450 g/mol. The summed E-state index contributed by atoms with van der Waals surface area (Å²) in [5, 5.41) is 10.4. The molecule has 1 heterocycles. The molecule has 1 N–H and O–H groups in total. The minimum atomic E-state index is 0.0743. The van der Waals surface area contributed by atoms with Crippen LogP contribution in [0.25, 0.3) is 5.69 Å². The molecule has 2 aromatic carbocycles. The van der Waals surface area contributed by atoms with Crippen LogP contribution in [0.3, 0.4) is 0 Å². The predicted molar refractivity (Wildman–Crippen MR) is 108 cm³/mol. The number of rotatable bonds is 3. The summed E-state index contributed by atoms with van der Waals surface area (Å²) < 4.78 is 3.40. The normalized spacial score (nSPS) is 11.3. The molecule has 3 rings (SSSR count). The number of phenols is 1. The number of aliphatic imine (C=N–C) groups is 1. The second-order valence-corrected chi connectivity index (χ2v) is 7.21. The quantitative estimate of drug-likeness (QED) is 0.397. The first-order chi connectivity index (χ1) is 11.5. The van der Waals surface area contributed by atoms with Crippen molar-refractivity contribution in [2.75, 3.05) is 0 Å². The van der Waals surface area contributed by atoms with Gasteiger partial charge in [0.15, 0.2) is 0 Å². The number of aromatic hydroxyl groups is 1. The lowest BCUT2D eigenvalue weighted by Crippen LogP contribution is -1.99. The molecule has 3 nitrogen and oxygen atoms in total. The molecule has 0 unspecified atom stereocenters. The van der Waals surface area contributed by atoms with Crippen molar-refractivity contribution < 1.29 is 5.11 Å². The number of hydrogen-bond donors (Lipinski definition) is 1. The van der Waals surface area contributed by atoms with E-state index < -0.39 is 0 Å². The number of aryl methyl sites for hydroxylation is 1. The van der Waals surface area contributed by atoms with Gasteiger partial charge in [-0.3, -0.25) is 4.99 Å².